The highest BCUT2D eigenvalue weighted by molar-refractivity contribution is 6.34. The first-order chi connectivity index (χ1) is 11.4. The number of benzene rings is 1. The predicted octanol–water partition coefficient (Wildman–Crippen LogP) is 3.07. The standard InChI is InChI=1S/C17H19ClN4O2/c1-10-9-12(6-7-13(10)22-8-4-5-14(22)23)19-17(24)16-15(18)11(2)20-21(16)3/h6-7,9H,4-5,8H2,1-3H3,(H,19,24). The van der Waals surface area contributed by atoms with Gasteiger partial charge in [0, 0.05) is 31.4 Å². The Hall–Kier alpha value is -2.34. The lowest BCUT2D eigenvalue weighted by Gasteiger charge is -2.19. The third kappa shape index (κ3) is 2.89. The van der Waals surface area contributed by atoms with Gasteiger partial charge in [0.15, 0.2) is 0 Å². The molecule has 1 N–H and O–H groups in total. The van der Waals surface area contributed by atoms with E-state index in [4.69, 9.17) is 11.6 Å². The summed E-state index contributed by atoms with van der Waals surface area (Å²) in [6.07, 6.45) is 1.48. The second kappa shape index (κ2) is 6.28. The van der Waals surface area contributed by atoms with Crippen molar-refractivity contribution in [3.05, 3.63) is 40.2 Å². The monoisotopic (exact) mass is 346 g/mol. The summed E-state index contributed by atoms with van der Waals surface area (Å²) in [6.45, 7) is 4.43. The number of amides is 2. The van der Waals surface area contributed by atoms with Gasteiger partial charge in [0.05, 0.1) is 10.7 Å². The zero-order valence-electron chi connectivity index (χ0n) is 13.9. The van der Waals surface area contributed by atoms with E-state index in [0.717, 1.165) is 24.2 Å². The van der Waals surface area contributed by atoms with E-state index in [0.29, 0.717) is 28.5 Å². The second-order valence-corrected chi connectivity index (χ2v) is 6.35. The maximum Gasteiger partial charge on any atom is 0.275 e. The molecular weight excluding hydrogens is 328 g/mol. The van der Waals surface area contributed by atoms with Crippen LogP contribution in [0.25, 0.3) is 0 Å². The van der Waals surface area contributed by atoms with Crippen molar-refractivity contribution >= 4 is 34.8 Å². The summed E-state index contributed by atoms with van der Waals surface area (Å²) < 4.78 is 1.47. The number of hydrogen-bond donors (Lipinski definition) is 1. The van der Waals surface area contributed by atoms with Crippen LogP contribution in [-0.2, 0) is 11.8 Å². The number of nitrogens with zero attached hydrogens (tertiary/aromatic N) is 3. The number of carbonyl (C=O) groups is 2. The van der Waals surface area contributed by atoms with E-state index in [1.165, 1.54) is 4.68 Å². The molecule has 2 heterocycles. The van der Waals surface area contributed by atoms with E-state index in [2.05, 4.69) is 10.4 Å². The van der Waals surface area contributed by atoms with Gasteiger partial charge in [-0.25, -0.2) is 0 Å². The van der Waals surface area contributed by atoms with Gasteiger partial charge in [0.1, 0.15) is 5.69 Å². The van der Waals surface area contributed by atoms with E-state index in [-0.39, 0.29) is 11.8 Å². The van der Waals surface area contributed by atoms with Crippen LogP contribution in [0, 0.1) is 13.8 Å². The Morgan fingerprint density at radius 3 is 2.62 bits per heavy atom. The molecule has 2 aromatic rings. The molecule has 0 bridgehead atoms. The molecule has 3 rings (SSSR count). The van der Waals surface area contributed by atoms with Crippen molar-refractivity contribution in [1.29, 1.82) is 0 Å². The molecule has 0 spiro atoms. The minimum absolute atomic E-state index is 0.145. The largest absolute Gasteiger partial charge is 0.321 e. The zero-order valence-corrected chi connectivity index (χ0v) is 14.6. The van der Waals surface area contributed by atoms with Gasteiger partial charge < -0.3 is 10.2 Å². The fraction of sp³-hybridized carbons (Fsp3) is 0.353. The Labute approximate surface area is 145 Å². The lowest BCUT2D eigenvalue weighted by atomic mass is 10.1. The molecule has 24 heavy (non-hydrogen) atoms. The Morgan fingerprint density at radius 1 is 1.33 bits per heavy atom. The molecule has 0 atom stereocenters. The summed E-state index contributed by atoms with van der Waals surface area (Å²) in [7, 11) is 1.68. The van der Waals surface area contributed by atoms with Gasteiger partial charge in [-0.1, -0.05) is 11.6 Å². The van der Waals surface area contributed by atoms with Gasteiger partial charge in [-0.2, -0.15) is 5.10 Å². The van der Waals surface area contributed by atoms with Crippen molar-refractivity contribution in [2.45, 2.75) is 26.7 Å². The summed E-state index contributed by atoms with van der Waals surface area (Å²) in [5.74, 6) is -0.167. The lowest BCUT2D eigenvalue weighted by molar-refractivity contribution is -0.117. The summed E-state index contributed by atoms with van der Waals surface area (Å²) in [5.41, 5.74) is 3.43. The average Bonchev–Trinajstić information content (AvgIpc) is 3.03. The number of aromatic nitrogens is 2. The Morgan fingerprint density at radius 2 is 2.08 bits per heavy atom. The molecule has 1 aromatic carbocycles. The number of nitrogens with one attached hydrogen (secondary N) is 1. The van der Waals surface area contributed by atoms with Crippen LogP contribution in [0.1, 0.15) is 34.6 Å². The molecule has 1 aliphatic heterocycles. The fourth-order valence-electron chi connectivity index (χ4n) is 3.01. The Balaban J connectivity index is 1.82. The predicted molar refractivity (Wildman–Crippen MR) is 93.7 cm³/mol. The summed E-state index contributed by atoms with van der Waals surface area (Å²) >= 11 is 6.15. The van der Waals surface area contributed by atoms with Gasteiger partial charge in [-0.15, -0.1) is 0 Å². The van der Waals surface area contributed by atoms with E-state index >= 15 is 0 Å². The smallest absolute Gasteiger partial charge is 0.275 e. The molecule has 1 saturated heterocycles. The Bertz CT molecular complexity index is 828. The highest BCUT2D eigenvalue weighted by Gasteiger charge is 2.23. The van der Waals surface area contributed by atoms with Gasteiger partial charge in [0.2, 0.25) is 5.91 Å². The van der Waals surface area contributed by atoms with Gasteiger partial charge in [-0.05, 0) is 44.0 Å². The lowest BCUT2D eigenvalue weighted by Crippen LogP contribution is -2.24. The molecule has 1 aromatic heterocycles. The molecule has 1 aliphatic rings. The minimum atomic E-state index is -0.313. The molecule has 0 radical (unpaired) electrons. The third-order valence-electron chi connectivity index (χ3n) is 4.18. The van der Waals surface area contributed by atoms with Crippen molar-refractivity contribution in [1.82, 2.24) is 9.78 Å². The van der Waals surface area contributed by atoms with Crippen molar-refractivity contribution in [2.24, 2.45) is 7.05 Å². The van der Waals surface area contributed by atoms with Crippen molar-refractivity contribution in [2.75, 3.05) is 16.8 Å². The van der Waals surface area contributed by atoms with E-state index in [1.54, 1.807) is 24.9 Å². The number of rotatable bonds is 3. The first-order valence-electron chi connectivity index (χ1n) is 7.80. The quantitative estimate of drug-likeness (QED) is 0.928. The van der Waals surface area contributed by atoms with Gasteiger partial charge in [0.25, 0.3) is 5.91 Å². The van der Waals surface area contributed by atoms with Crippen LogP contribution in [0.5, 0.6) is 0 Å². The van der Waals surface area contributed by atoms with Gasteiger partial charge >= 0.3 is 0 Å². The number of aryl methyl sites for hydroxylation is 3. The maximum absolute atomic E-state index is 12.5. The van der Waals surface area contributed by atoms with Gasteiger partial charge in [-0.3, -0.25) is 14.3 Å². The normalized spacial score (nSPS) is 14.3. The number of hydrogen-bond acceptors (Lipinski definition) is 3. The SMILES string of the molecule is Cc1cc(NC(=O)c2c(Cl)c(C)nn2C)ccc1N1CCCC1=O. The molecule has 6 nitrogen and oxygen atoms in total. The zero-order chi connectivity index (χ0) is 17.4. The first kappa shape index (κ1) is 16.5. The van der Waals surface area contributed by atoms with Crippen LogP contribution in [0.15, 0.2) is 18.2 Å². The van der Waals surface area contributed by atoms with Crippen LogP contribution in [0.4, 0.5) is 11.4 Å². The maximum atomic E-state index is 12.5. The molecule has 0 unspecified atom stereocenters. The topological polar surface area (TPSA) is 67.2 Å². The van der Waals surface area contributed by atoms with Crippen LogP contribution in [0.2, 0.25) is 5.02 Å². The second-order valence-electron chi connectivity index (χ2n) is 5.98. The van der Waals surface area contributed by atoms with Crippen molar-refractivity contribution in [3.63, 3.8) is 0 Å². The summed E-state index contributed by atoms with van der Waals surface area (Å²) in [5, 5.41) is 7.33. The first-order valence-corrected chi connectivity index (χ1v) is 8.17. The minimum Gasteiger partial charge on any atom is -0.321 e. The molecule has 126 valence electrons. The molecule has 1 fully saturated rings. The van der Waals surface area contributed by atoms with E-state index in [9.17, 15) is 9.59 Å². The number of anilines is 2. The van der Waals surface area contributed by atoms with Crippen LogP contribution < -0.4 is 10.2 Å². The summed E-state index contributed by atoms with van der Waals surface area (Å²) in [4.78, 5) is 26.1. The fourth-order valence-corrected chi connectivity index (χ4v) is 3.25. The van der Waals surface area contributed by atoms with Crippen molar-refractivity contribution < 1.29 is 9.59 Å². The highest BCUT2D eigenvalue weighted by Crippen LogP contribution is 2.28. The molecule has 2 amide bonds. The molecule has 0 saturated carbocycles. The Kier molecular flexibility index (Phi) is 4.32. The molecule has 7 heteroatoms. The van der Waals surface area contributed by atoms with Crippen molar-refractivity contribution in [3.8, 4) is 0 Å². The number of halogens is 1. The summed E-state index contributed by atoms with van der Waals surface area (Å²) in [6, 6.07) is 5.52. The van der Waals surface area contributed by atoms with Crippen LogP contribution in [0.3, 0.4) is 0 Å². The highest BCUT2D eigenvalue weighted by atomic mass is 35.5. The third-order valence-corrected chi connectivity index (χ3v) is 4.64. The number of carbonyl (C=O) groups excluding carboxylic acids is 2. The molecular formula is C17H19ClN4O2. The van der Waals surface area contributed by atoms with E-state index < -0.39 is 0 Å². The van der Waals surface area contributed by atoms with Crippen LogP contribution >= 0.6 is 11.6 Å². The van der Waals surface area contributed by atoms with Crippen LogP contribution in [-0.4, -0.2) is 28.1 Å². The molecule has 0 aliphatic carbocycles. The average molecular weight is 347 g/mol. The van der Waals surface area contributed by atoms with E-state index in [1.807, 2.05) is 19.1 Å².